The number of esters is 4. The van der Waals surface area contributed by atoms with E-state index in [0.29, 0.717) is 25.7 Å². The minimum Gasteiger partial charge on any atom is -0.462 e. The standard InChI is InChI=1S/C85H166O17P2/c1-5-9-13-17-21-25-29-32-34-36-38-39-40-42-44-46-48-52-56-60-64-68-72-85(90)102-81(76-96-83(88)70-66-62-58-54-51-47-45-43-41-37-35-33-30-26-22-18-14-10-6-2)78-100-104(93,94)98-74-79(86)73-97-103(91,92)99-77-80(75-95-82(87)69-65-61-57-53-49-28-24-20-16-12-8-4)101-84(89)71-67-63-59-55-50-31-27-23-19-15-11-7-3/h79-81,86H,5-78H2,1-4H3,(H,91,92)(H,93,94)/t79-,80+,81+/m0/s1. The molecule has 0 aliphatic carbocycles. The molecule has 0 aromatic carbocycles. The van der Waals surface area contributed by atoms with Crippen molar-refractivity contribution in [1.29, 1.82) is 0 Å². The van der Waals surface area contributed by atoms with Crippen LogP contribution in [0, 0.1) is 0 Å². The number of aliphatic hydroxyl groups is 1. The summed E-state index contributed by atoms with van der Waals surface area (Å²) in [6.07, 6.45) is 73.7. The highest BCUT2D eigenvalue weighted by Gasteiger charge is 2.30. The minimum absolute atomic E-state index is 0.108. The molecule has 0 aliphatic rings. The maximum absolute atomic E-state index is 13.1. The van der Waals surface area contributed by atoms with E-state index < -0.39 is 97.5 Å². The Balaban J connectivity index is 5.20. The summed E-state index contributed by atoms with van der Waals surface area (Å²) in [7, 11) is -9.92. The molecule has 618 valence electrons. The van der Waals surface area contributed by atoms with Crippen molar-refractivity contribution in [3.63, 3.8) is 0 Å². The lowest BCUT2D eigenvalue weighted by Crippen LogP contribution is -2.30. The number of hydrogen-bond acceptors (Lipinski definition) is 15. The van der Waals surface area contributed by atoms with Crippen molar-refractivity contribution in [2.75, 3.05) is 39.6 Å². The number of phosphoric ester groups is 2. The van der Waals surface area contributed by atoms with Gasteiger partial charge in [0.2, 0.25) is 0 Å². The highest BCUT2D eigenvalue weighted by molar-refractivity contribution is 7.47. The normalized spacial score (nSPS) is 13.7. The fourth-order valence-corrected chi connectivity index (χ4v) is 14.9. The van der Waals surface area contributed by atoms with Gasteiger partial charge in [-0.1, -0.05) is 413 Å². The molecular formula is C85H166O17P2. The molecule has 0 saturated carbocycles. The number of carbonyl (C=O) groups is 4. The molecule has 3 N–H and O–H groups in total. The molecule has 0 heterocycles. The lowest BCUT2D eigenvalue weighted by molar-refractivity contribution is -0.161. The van der Waals surface area contributed by atoms with E-state index in [1.807, 2.05) is 0 Å². The van der Waals surface area contributed by atoms with E-state index in [1.54, 1.807) is 0 Å². The number of aliphatic hydroxyl groups excluding tert-OH is 1. The van der Waals surface area contributed by atoms with Crippen LogP contribution in [0.4, 0.5) is 0 Å². The number of hydrogen-bond donors (Lipinski definition) is 3. The molecule has 104 heavy (non-hydrogen) atoms. The van der Waals surface area contributed by atoms with Crippen molar-refractivity contribution in [2.24, 2.45) is 0 Å². The zero-order chi connectivity index (χ0) is 76.0. The molecule has 0 bridgehead atoms. The van der Waals surface area contributed by atoms with Crippen LogP contribution in [0.1, 0.15) is 464 Å². The summed E-state index contributed by atoms with van der Waals surface area (Å²) in [5.41, 5.74) is 0. The Morgan fingerprint density at radius 1 is 0.231 bits per heavy atom. The van der Waals surface area contributed by atoms with Gasteiger partial charge in [-0.25, -0.2) is 9.13 Å². The van der Waals surface area contributed by atoms with E-state index in [9.17, 15) is 43.2 Å². The van der Waals surface area contributed by atoms with E-state index in [4.69, 9.17) is 37.0 Å². The van der Waals surface area contributed by atoms with Gasteiger partial charge in [-0.15, -0.1) is 0 Å². The molecule has 5 atom stereocenters. The first-order valence-corrected chi connectivity index (χ1v) is 47.3. The van der Waals surface area contributed by atoms with Crippen LogP contribution in [0.25, 0.3) is 0 Å². The fourth-order valence-electron chi connectivity index (χ4n) is 13.3. The fraction of sp³-hybridized carbons (Fsp3) is 0.953. The molecule has 0 amide bonds. The van der Waals surface area contributed by atoms with Crippen LogP contribution in [0.3, 0.4) is 0 Å². The van der Waals surface area contributed by atoms with E-state index in [1.165, 1.54) is 295 Å². The minimum atomic E-state index is -4.96. The van der Waals surface area contributed by atoms with Gasteiger partial charge in [0.25, 0.3) is 0 Å². The summed E-state index contributed by atoms with van der Waals surface area (Å²) in [6.45, 7) is 5.04. The lowest BCUT2D eigenvalue weighted by atomic mass is 10.0. The van der Waals surface area contributed by atoms with Gasteiger partial charge in [-0.2, -0.15) is 0 Å². The van der Waals surface area contributed by atoms with Gasteiger partial charge in [-0.05, 0) is 25.7 Å². The number of phosphoric acid groups is 2. The predicted octanol–water partition coefficient (Wildman–Crippen LogP) is 26.1. The Morgan fingerprint density at radius 3 is 0.567 bits per heavy atom. The second kappa shape index (κ2) is 79.2. The molecule has 0 aromatic heterocycles. The first kappa shape index (κ1) is 102. The van der Waals surface area contributed by atoms with Gasteiger partial charge in [0.15, 0.2) is 12.2 Å². The van der Waals surface area contributed by atoms with Crippen molar-refractivity contribution in [2.45, 2.75) is 483 Å². The van der Waals surface area contributed by atoms with Crippen LogP contribution in [-0.4, -0.2) is 96.7 Å². The zero-order valence-electron chi connectivity index (χ0n) is 68.0. The Kier molecular flexibility index (Phi) is 77.7. The molecule has 19 heteroatoms. The Labute approximate surface area is 638 Å². The molecular weight excluding hydrogens is 1350 g/mol. The summed E-state index contributed by atoms with van der Waals surface area (Å²) in [4.78, 5) is 73.1. The van der Waals surface area contributed by atoms with Crippen LogP contribution in [0.15, 0.2) is 0 Å². The van der Waals surface area contributed by atoms with Crippen molar-refractivity contribution in [3.8, 4) is 0 Å². The largest absolute Gasteiger partial charge is 0.472 e. The van der Waals surface area contributed by atoms with Gasteiger partial charge in [0, 0.05) is 25.7 Å². The van der Waals surface area contributed by atoms with Crippen LogP contribution in [-0.2, 0) is 65.4 Å². The van der Waals surface area contributed by atoms with Gasteiger partial charge in [0.1, 0.15) is 19.3 Å². The lowest BCUT2D eigenvalue weighted by Gasteiger charge is -2.21. The molecule has 0 rings (SSSR count). The average molecular weight is 1520 g/mol. The Morgan fingerprint density at radius 2 is 0.385 bits per heavy atom. The van der Waals surface area contributed by atoms with Crippen LogP contribution >= 0.6 is 15.6 Å². The smallest absolute Gasteiger partial charge is 0.462 e. The SMILES string of the molecule is CCCCCCCCCCCCCCCCCCCCCCCCC(=O)O[C@H](COC(=O)CCCCCCCCCCCCCCCCCCCCC)COP(=O)(O)OC[C@@H](O)COP(=O)(O)OC[C@@H](COC(=O)CCCCCCCCCCCCC)OC(=O)CCCCCCCCCCCCCC. The molecule has 0 aliphatic heterocycles. The van der Waals surface area contributed by atoms with Gasteiger partial charge in [-0.3, -0.25) is 37.3 Å². The first-order valence-electron chi connectivity index (χ1n) is 44.3. The second-order valence-corrected chi connectivity index (χ2v) is 33.5. The van der Waals surface area contributed by atoms with Crippen LogP contribution < -0.4 is 0 Å². The van der Waals surface area contributed by atoms with E-state index in [-0.39, 0.29) is 25.7 Å². The van der Waals surface area contributed by atoms with Crippen molar-refractivity contribution in [3.05, 3.63) is 0 Å². The quantitative estimate of drug-likeness (QED) is 0.0222. The third kappa shape index (κ3) is 78.2. The summed E-state index contributed by atoms with van der Waals surface area (Å²) >= 11 is 0. The molecule has 0 fully saturated rings. The summed E-state index contributed by atoms with van der Waals surface area (Å²) in [5, 5.41) is 10.7. The monoisotopic (exact) mass is 1520 g/mol. The van der Waals surface area contributed by atoms with Crippen LogP contribution in [0.5, 0.6) is 0 Å². The van der Waals surface area contributed by atoms with Crippen molar-refractivity contribution < 1.29 is 80.2 Å². The zero-order valence-corrected chi connectivity index (χ0v) is 69.8. The third-order valence-electron chi connectivity index (χ3n) is 20.1. The highest BCUT2D eigenvalue weighted by atomic mass is 31.2. The molecule has 0 saturated heterocycles. The van der Waals surface area contributed by atoms with Gasteiger partial charge in [0.05, 0.1) is 26.4 Å². The van der Waals surface area contributed by atoms with Gasteiger partial charge < -0.3 is 33.8 Å². The maximum atomic E-state index is 13.1. The van der Waals surface area contributed by atoms with Crippen LogP contribution in [0.2, 0.25) is 0 Å². The van der Waals surface area contributed by atoms with E-state index in [0.717, 1.165) is 89.9 Å². The predicted molar refractivity (Wildman–Crippen MR) is 428 cm³/mol. The van der Waals surface area contributed by atoms with Crippen molar-refractivity contribution >= 4 is 39.5 Å². The van der Waals surface area contributed by atoms with E-state index >= 15 is 0 Å². The number of ether oxygens (including phenoxy) is 4. The van der Waals surface area contributed by atoms with E-state index in [2.05, 4.69) is 27.7 Å². The van der Waals surface area contributed by atoms with Gasteiger partial charge >= 0.3 is 39.5 Å². The molecule has 0 aromatic rings. The number of carbonyl (C=O) groups excluding carboxylic acids is 4. The Bertz CT molecular complexity index is 1960. The molecule has 2 unspecified atom stereocenters. The maximum Gasteiger partial charge on any atom is 0.472 e. The number of unbranched alkanes of at least 4 members (excludes halogenated alkanes) is 60. The van der Waals surface area contributed by atoms with Crippen molar-refractivity contribution in [1.82, 2.24) is 0 Å². The molecule has 17 nitrogen and oxygen atoms in total. The highest BCUT2D eigenvalue weighted by Crippen LogP contribution is 2.45. The second-order valence-electron chi connectivity index (χ2n) is 30.6. The summed E-state index contributed by atoms with van der Waals surface area (Å²) in [6, 6.07) is 0. The third-order valence-corrected chi connectivity index (χ3v) is 22.0. The summed E-state index contributed by atoms with van der Waals surface area (Å²) in [5.74, 6) is -2.10. The average Bonchev–Trinajstić information content (AvgIpc) is 0.905. The Hall–Kier alpha value is -1.94. The number of rotatable bonds is 86. The topological polar surface area (TPSA) is 237 Å². The summed E-state index contributed by atoms with van der Waals surface area (Å²) < 4.78 is 68.8. The molecule has 0 spiro atoms. The first-order chi connectivity index (χ1) is 50.7. The molecule has 0 radical (unpaired) electrons.